The molecule has 0 aliphatic carbocycles. The van der Waals surface area contributed by atoms with Crippen molar-refractivity contribution in [3.63, 3.8) is 0 Å². The van der Waals surface area contributed by atoms with Gasteiger partial charge in [-0.3, -0.25) is 0 Å². The number of nitrogens with one attached hydrogen (secondary N) is 2. The molecule has 0 spiro atoms. The van der Waals surface area contributed by atoms with Gasteiger partial charge in [0.05, 0.1) is 0 Å². The van der Waals surface area contributed by atoms with E-state index in [-0.39, 0.29) is 0 Å². The highest BCUT2D eigenvalue weighted by Crippen LogP contribution is 2.17. The van der Waals surface area contributed by atoms with Gasteiger partial charge in [0.2, 0.25) is 0 Å². The maximum Gasteiger partial charge on any atom is 0.0455 e. The molecular weight excluding hydrogens is 184 g/mol. The third-order valence-electron chi connectivity index (χ3n) is 2.60. The van der Waals surface area contributed by atoms with Crippen molar-refractivity contribution < 1.29 is 0 Å². The minimum Gasteiger partial charge on any atom is -0.385 e. The summed E-state index contributed by atoms with van der Waals surface area (Å²) in [6.07, 6.45) is 3.19. The van der Waals surface area contributed by atoms with Crippen LogP contribution in [-0.2, 0) is 0 Å². The van der Waals surface area contributed by atoms with Crippen molar-refractivity contribution in [1.82, 2.24) is 4.98 Å². The van der Waals surface area contributed by atoms with E-state index in [1.807, 2.05) is 6.20 Å². The lowest BCUT2D eigenvalue weighted by Gasteiger charge is -2.08. The van der Waals surface area contributed by atoms with E-state index in [1.165, 1.54) is 23.0 Å². The van der Waals surface area contributed by atoms with Gasteiger partial charge in [0.25, 0.3) is 0 Å². The average Bonchev–Trinajstić information content (AvgIpc) is 2.64. The highest BCUT2D eigenvalue weighted by atomic mass is 14.9. The van der Waals surface area contributed by atoms with Gasteiger partial charge in [-0.25, -0.2) is 0 Å². The molecule has 80 valence electrons. The maximum atomic E-state index is 3.44. The van der Waals surface area contributed by atoms with Crippen LogP contribution in [-0.4, -0.2) is 11.5 Å². The molecule has 1 aromatic heterocycles. The second kappa shape index (κ2) is 4.39. The van der Waals surface area contributed by atoms with Gasteiger partial charge in [-0.2, -0.15) is 0 Å². The van der Waals surface area contributed by atoms with Crippen LogP contribution in [0.1, 0.15) is 20.3 Å². The summed E-state index contributed by atoms with van der Waals surface area (Å²) in [5, 5.41) is 4.71. The molecule has 0 unspecified atom stereocenters. The molecule has 0 amide bonds. The summed E-state index contributed by atoms with van der Waals surface area (Å²) in [6.45, 7) is 5.54. The van der Waals surface area contributed by atoms with Crippen LogP contribution < -0.4 is 5.32 Å². The van der Waals surface area contributed by atoms with E-state index in [0.717, 1.165) is 12.5 Å². The molecule has 0 atom stereocenters. The van der Waals surface area contributed by atoms with Crippen LogP contribution in [0.15, 0.2) is 30.5 Å². The van der Waals surface area contributed by atoms with Gasteiger partial charge in [-0.15, -0.1) is 0 Å². The van der Waals surface area contributed by atoms with Crippen molar-refractivity contribution in [3.05, 3.63) is 30.5 Å². The topological polar surface area (TPSA) is 27.8 Å². The molecule has 2 heteroatoms. The quantitative estimate of drug-likeness (QED) is 0.778. The van der Waals surface area contributed by atoms with Crippen molar-refractivity contribution in [1.29, 1.82) is 0 Å². The van der Waals surface area contributed by atoms with Crippen LogP contribution in [0.4, 0.5) is 5.69 Å². The summed E-state index contributed by atoms with van der Waals surface area (Å²) in [5.74, 6) is 0.758. The van der Waals surface area contributed by atoms with Gasteiger partial charge >= 0.3 is 0 Å². The number of aromatic amines is 1. The molecule has 2 rings (SSSR count). The lowest BCUT2D eigenvalue weighted by Crippen LogP contribution is -2.04. The van der Waals surface area contributed by atoms with E-state index >= 15 is 0 Å². The van der Waals surface area contributed by atoms with Crippen LogP contribution in [0.25, 0.3) is 10.9 Å². The van der Waals surface area contributed by atoms with Crippen molar-refractivity contribution in [3.8, 4) is 0 Å². The van der Waals surface area contributed by atoms with E-state index in [2.05, 4.69) is 48.4 Å². The molecule has 0 aliphatic rings. The Morgan fingerprint density at radius 2 is 2.13 bits per heavy atom. The predicted octanol–water partition coefficient (Wildman–Crippen LogP) is 3.63. The molecule has 0 radical (unpaired) electrons. The molecule has 0 aliphatic heterocycles. The zero-order chi connectivity index (χ0) is 10.7. The van der Waals surface area contributed by atoms with E-state index in [0.29, 0.717) is 0 Å². The number of H-pyrrole nitrogens is 1. The van der Waals surface area contributed by atoms with Crippen LogP contribution >= 0.6 is 0 Å². The number of aromatic nitrogens is 1. The van der Waals surface area contributed by atoms with Crippen molar-refractivity contribution in [2.75, 3.05) is 11.9 Å². The number of hydrogen-bond donors (Lipinski definition) is 2. The second-order valence-corrected chi connectivity index (χ2v) is 4.39. The van der Waals surface area contributed by atoms with Crippen LogP contribution in [0.2, 0.25) is 0 Å². The minimum absolute atomic E-state index is 0.758. The lowest BCUT2D eigenvalue weighted by molar-refractivity contribution is 0.607. The zero-order valence-electron chi connectivity index (χ0n) is 9.38. The Morgan fingerprint density at radius 1 is 1.27 bits per heavy atom. The fourth-order valence-electron chi connectivity index (χ4n) is 1.67. The summed E-state index contributed by atoms with van der Waals surface area (Å²) >= 11 is 0. The van der Waals surface area contributed by atoms with Crippen LogP contribution in [0, 0.1) is 5.92 Å². The molecule has 2 N–H and O–H groups in total. The van der Waals surface area contributed by atoms with Gasteiger partial charge in [0.15, 0.2) is 0 Å². The summed E-state index contributed by atoms with van der Waals surface area (Å²) in [7, 11) is 0. The summed E-state index contributed by atoms with van der Waals surface area (Å²) in [6, 6.07) is 8.53. The summed E-state index contributed by atoms with van der Waals surface area (Å²) < 4.78 is 0. The first kappa shape index (κ1) is 10.1. The van der Waals surface area contributed by atoms with E-state index < -0.39 is 0 Å². The summed E-state index contributed by atoms with van der Waals surface area (Å²) in [5.41, 5.74) is 2.41. The normalized spacial score (nSPS) is 11.1. The monoisotopic (exact) mass is 202 g/mol. The van der Waals surface area contributed by atoms with E-state index in [4.69, 9.17) is 0 Å². The van der Waals surface area contributed by atoms with Crippen molar-refractivity contribution in [2.24, 2.45) is 5.92 Å². The highest BCUT2D eigenvalue weighted by Gasteiger charge is 1.97. The molecule has 2 nitrogen and oxygen atoms in total. The number of hydrogen-bond acceptors (Lipinski definition) is 1. The maximum absolute atomic E-state index is 3.44. The SMILES string of the molecule is CC(C)CCNc1ccc2[nH]ccc2c1. The Labute approximate surface area is 90.7 Å². The smallest absolute Gasteiger partial charge is 0.0455 e. The van der Waals surface area contributed by atoms with Gasteiger partial charge in [-0.1, -0.05) is 13.8 Å². The molecular formula is C13H18N2. The molecule has 0 saturated carbocycles. The third-order valence-corrected chi connectivity index (χ3v) is 2.60. The highest BCUT2D eigenvalue weighted by molar-refractivity contribution is 5.82. The lowest BCUT2D eigenvalue weighted by atomic mass is 10.1. The second-order valence-electron chi connectivity index (χ2n) is 4.39. The molecule has 1 aromatic carbocycles. The number of rotatable bonds is 4. The van der Waals surface area contributed by atoms with E-state index in [1.54, 1.807) is 0 Å². The number of fused-ring (bicyclic) bond motifs is 1. The Hall–Kier alpha value is -1.44. The molecule has 0 saturated heterocycles. The fraction of sp³-hybridized carbons (Fsp3) is 0.385. The fourth-order valence-corrected chi connectivity index (χ4v) is 1.67. The van der Waals surface area contributed by atoms with Gasteiger partial charge < -0.3 is 10.3 Å². The van der Waals surface area contributed by atoms with Gasteiger partial charge in [0.1, 0.15) is 0 Å². The van der Waals surface area contributed by atoms with Crippen molar-refractivity contribution in [2.45, 2.75) is 20.3 Å². The number of benzene rings is 1. The molecule has 2 aromatic rings. The van der Waals surface area contributed by atoms with Crippen LogP contribution in [0.5, 0.6) is 0 Å². The zero-order valence-corrected chi connectivity index (χ0v) is 9.38. The Morgan fingerprint density at radius 3 is 2.93 bits per heavy atom. The average molecular weight is 202 g/mol. The number of anilines is 1. The molecule has 0 fully saturated rings. The molecule has 1 heterocycles. The third kappa shape index (κ3) is 2.52. The molecule has 0 bridgehead atoms. The first-order valence-corrected chi connectivity index (χ1v) is 5.57. The summed E-state index contributed by atoms with van der Waals surface area (Å²) in [4.78, 5) is 3.19. The largest absolute Gasteiger partial charge is 0.385 e. The minimum atomic E-state index is 0.758. The van der Waals surface area contributed by atoms with E-state index in [9.17, 15) is 0 Å². The first-order chi connectivity index (χ1) is 7.25. The Bertz CT molecular complexity index is 429. The Kier molecular flexibility index (Phi) is 2.95. The van der Waals surface area contributed by atoms with Crippen LogP contribution in [0.3, 0.4) is 0 Å². The first-order valence-electron chi connectivity index (χ1n) is 5.57. The van der Waals surface area contributed by atoms with Gasteiger partial charge in [-0.05, 0) is 36.6 Å². The Balaban J connectivity index is 2.02. The standard InChI is InChI=1S/C13H18N2/c1-10(2)5-7-14-12-3-4-13-11(9-12)6-8-15-13/h3-4,6,8-10,14-15H,5,7H2,1-2H3. The van der Waals surface area contributed by atoms with Gasteiger partial charge in [0, 0.05) is 29.3 Å². The van der Waals surface area contributed by atoms with Crippen molar-refractivity contribution >= 4 is 16.6 Å². The predicted molar refractivity (Wildman–Crippen MR) is 66.2 cm³/mol. The molecule has 15 heavy (non-hydrogen) atoms.